The Kier molecular flexibility index (Phi) is 7.79. The summed E-state index contributed by atoms with van der Waals surface area (Å²) >= 11 is -2.36. The molecule has 2 rings (SSSR count). The van der Waals surface area contributed by atoms with Crippen molar-refractivity contribution in [1.82, 2.24) is 5.32 Å². The topological polar surface area (TPSA) is 143 Å². The summed E-state index contributed by atoms with van der Waals surface area (Å²) in [4.78, 5) is 10.4. The molecule has 1 aromatic rings. The van der Waals surface area contributed by atoms with E-state index in [0.29, 0.717) is 18.8 Å². The number of rotatable bonds is 4. The van der Waals surface area contributed by atoms with Crippen LogP contribution in [0.1, 0.15) is 0 Å². The summed E-state index contributed by atoms with van der Waals surface area (Å²) in [6, 6.07) is 6.62. The average Bonchev–Trinajstić information content (AvgIpc) is 2.46. The van der Waals surface area contributed by atoms with Gasteiger partial charge < -0.3 is 19.9 Å². The van der Waals surface area contributed by atoms with E-state index >= 15 is 0 Å². The largest absolute Gasteiger partial charge is 0.760 e. The molecule has 0 spiro atoms. The zero-order valence-corrected chi connectivity index (χ0v) is 12.0. The highest BCUT2D eigenvalue weighted by Gasteiger charge is 2.16. The summed E-state index contributed by atoms with van der Waals surface area (Å²) in [5.41, 5.74) is 0.628. The van der Waals surface area contributed by atoms with E-state index in [1.165, 1.54) is 6.07 Å². The Balaban J connectivity index is 0.000000491. The maximum atomic E-state index is 10.8. The average molecular weight is 317 g/mol. The summed E-state index contributed by atoms with van der Waals surface area (Å²) in [5.74, 6) is 0. The SMILES string of the molecule is NS(=O)[O-].O=[N+]([O-])c1ccccc1NC[C@H]1CNCCO1. The van der Waals surface area contributed by atoms with Crippen molar-refractivity contribution in [3.8, 4) is 0 Å². The molecule has 21 heavy (non-hydrogen) atoms. The van der Waals surface area contributed by atoms with Crippen LogP contribution in [0.3, 0.4) is 0 Å². The van der Waals surface area contributed by atoms with Crippen molar-refractivity contribution < 1.29 is 18.4 Å². The Morgan fingerprint density at radius 3 is 2.76 bits per heavy atom. The first kappa shape index (κ1) is 17.5. The van der Waals surface area contributed by atoms with E-state index in [2.05, 4.69) is 15.8 Å². The molecule has 0 saturated carbocycles. The molecule has 118 valence electrons. The number of nitrogens with one attached hydrogen (secondary N) is 2. The summed E-state index contributed by atoms with van der Waals surface area (Å²) in [6.45, 7) is 2.89. The van der Waals surface area contributed by atoms with Crippen molar-refractivity contribution in [1.29, 1.82) is 0 Å². The van der Waals surface area contributed by atoms with E-state index in [-0.39, 0.29) is 16.7 Å². The minimum Gasteiger partial charge on any atom is -0.760 e. The second-order valence-corrected chi connectivity index (χ2v) is 4.63. The van der Waals surface area contributed by atoms with Crippen LogP contribution in [-0.4, -0.2) is 46.0 Å². The normalized spacial score (nSPS) is 19.0. The third-order valence-corrected chi connectivity index (χ3v) is 2.63. The molecule has 1 aromatic carbocycles. The van der Waals surface area contributed by atoms with Gasteiger partial charge >= 0.3 is 0 Å². The molecule has 0 aliphatic carbocycles. The highest BCUT2D eigenvalue weighted by atomic mass is 32.2. The lowest BCUT2D eigenvalue weighted by molar-refractivity contribution is -0.384. The standard InChI is InChI=1S/C11H15N3O3.H3NO2S/c15-14(16)11-4-2-1-3-10(11)13-8-9-7-12-5-6-17-9;1-4(2)3/h1-4,9,12-13H,5-8H2;1H2,(H,2,3)/p-1/t9-;/m1./s1. The van der Waals surface area contributed by atoms with Gasteiger partial charge in [-0.3, -0.25) is 19.5 Å². The molecule has 1 fully saturated rings. The molecule has 0 radical (unpaired) electrons. The van der Waals surface area contributed by atoms with Crippen molar-refractivity contribution in [3.63, 3.8) is 0 Å². The fourth-order valence-electron chi connectivity index (χ4n) is 1.76. The third kappa shape index (κ3) is 7.11. The highest BCUT2D eigenvalue weighted by Crippen LogP contribution is 2.23. The van der Waals surface area contributed by atoms with E-state index in [1.54, 1.807) is 18.2 Å². The van der Waals surface area contributed by atoms with E-state index in [4.69, 9.17) is 13.5 Å². The molecule has 1 aliphatic rings. The fraction of sp³-hybridized carbons (Fsp3) is 0.455. The lowest BCUT2D eigenvalue weighted by Gasteiger charge is -2.24. The lowest BCUT2D eigenvalue weighted by atomic mass is 10.2. The molecule has 1 unspecified atom stereocenters. The number of nitro groups is 1. The maximum absolute atomic E-state index is 10.8. The first-order valence-electron chi connectivity index (χ1n) is 6.14. The van der Waals surface area contributed by atoms with Crippen molar-refractivity contribution in [2.24, 2.45) is 5.14 Å². The number of hydrogen-bond donors (Lipinski definition) is 3. The van der Waals surface area contributed by atoms with Gasteiger partial charge in [-0.05, 0) is 6.07 Å². The van der Waals surface area contributed by atoms with Gasteiger partial charge in [0.15, 0.2) is 0 Å². The monoisotopic (exact) mass is 317 g/mol. The minimum atomic E-state index is -2.36. The van der Waals surface area contributed by atoms with Gasteiger partial charge in [0, 0.05) is 37.0 Å². The quantitative estimate of drug-likeness (QED) is 0.394. The summed E-state index contributed by atoms with van der Waals surface area (Å²) in [7, 11) is 0. The summed E-state index contributed by atoms with van der Waals surface area (Å²) in [6.07, 6.45) is 0.0589. The van der Waals surface area contributed by atoms with Crippen molar-refractivity contribution in [3.05, 3.63) is 34.4 Å². The van der Waals surface area contributed by atoms with E-state index < -0.39 is 11.3 Å². The van der Waals surface area contributed by atoms with Gasteiger partial charge in [-0.15, -0.1) is 0 Å². The summed E-state index contributed by atoms with van der Waals surface area (Å²) in [5, 5.41) is 21.1. The molecule has 1 heterocycles. The Morgan fingerprint density at radius 1 is 1.52 bits per heavy atom. The molecule has 10 heteroatoms. The zero-order chi connectivity index (χ0) is 15.7. The minimum absolute atomic E-state index is 0.0589. The van der Waals surface area contributed by atoms with Crippen LogP contribution in [0.5, 0.6) is 0 Å². The molecular formula is C11H17N4O5S-. The van der Waals surface area contributed by atoms with Gasteiger partial charge in [0.05, 0.1) is 17.6 Å². The third-order valence-electron chi connectivity index (χ3n) is 2.63. The van der Waals surface area contributed by atoms with Gasteiger partial charge in [0.25, 0.3) is 5.69 Å². The van der Waals surface area contributed by atoms with Gasteiger partial charge in [-0.2, -0.15) is 0 Å². The summed E-state index contributed by atoms with van der Waals surface area (Å²) < 4.78 is 23.1. The van der Waals surface area contributed by atoms with Gasteiger partial charge in [-0.25, -0.2) is 0 Å². The van der Waals surface area contributed by atoms with Crippen molar-refractivity contribution >= 4 is 22.6 Å². The number of hydrogen-bond acceptors (Lipinski definition) is 7. The number of ether oxygens (including phenoxy) is 1. The Bertz CT molecular complexity index is 477. The van der Waals surface area contributed by atoms with Gasteiger partial charge in [0.2, 0.25) is 0 Å². The number of benzene rings is 1. The molecule has 4 N–H and O–H groups in total. The number of para-hydroxylation sites is 2. The fourth-order valence-corrected chi connectivity index (χ4v) is 1.76. The van der Waals surface area contributed by atoms with Crippen LogP contribution in [0.2, 0.25) is 0 Å². The van der Waals surface area contributed by atoms with E-state index in [0.717, 1.165) is 13.1 Å². The predicted molar refractivity (Wildman–Crippen MR) is 77.3 cm³/mol. The molecule has 0 bridgehead atoms. The number of nitrogens with zero attached hydrogens (tertiary/aromatic N) is 1. The van der Waals surface area contributed by atoms with E-state index in [9.17, 15) is 10.1 Å². The number of nitrogens with two attached hydrogens (primary N) is 1. The second kappa shape index (κ2) is 9.37. The second-order valence-electron chi connectivity index (χ2n) is 4.11. The van der Waals surface area contributed by atoms with Crippen LogP contribution in [0, 0.1) is 10.1 Å². The van der Waals surface area contributed by atoms with Crippen molar-refractivity contribution in [2.45, 2.75) is 6.10 Å². The predicted octanol–water partition coefficient (Wildman–Crippen LogP) is -0.266. The van der Waals surface area contributed by atoms with Crippen LogP contribution in [-0.2, 0) is 16.0 Å². The smallest absolute Gasteiger partial charge is 0.292 e. The van der Waals surface area contributed by atoms with Crippen LogP contribution in [0.15, 0.2) is 24.3 Å². The molecule has 0 amide bonds. The number of morpholine rings is 1. The lowest BCUT2D eigenvalue weighted by Crippen LogP contribution is -2.42. The van der Waals surface area contributed by atoms with Crippen LogP contribution < -0.4 is 15.8 Å². The highest BCUT2D eigenvalue weighted by molar-refractivity contribution is 7.76. The maximum Gasteiger partial charge on any atom is 0.292 e. The van der Waals surface area contributed by atoms with Crippen LogP contribution in [0.4, 0.5) is 11.4 Å². The van der Waals surface area contributed by atoms with Crippen LogP contribution >= 0.6 is 0 Å². The van der Waals surface area contributed by atoms with Crippen molar-refractivity contribution in [2.75, 3.05) is 31.6 Å². The van der Waals surface area contributed by atoms with E-state index in [1.807, 2.05) is 0 Å². The van der Waals surface area contributed by atoms with Crippen LogP contribution in [0.25, 0.3) is 0 Å². The first-order valence-corrected chi connectivity index (χ1v) is 7.27. The molecule has 0 aromatic heterocycles. The molecular weight excluding hydrogens is 300 g/mol. The first-order chi connectivity index (χ1) is 10.0. The molecule has 2 atom stereocenters. The Labute approximate surface area is 124 Å². The Morgan fingerprint density at radius 2 is 2.19 bits per heavy atom. The molecule has 1 saturated heterocycles. The number of nitro benzene ring substituents is 1. The molecule has 1 aliphatic heterocycles. The number of anilines is 1. The van der Waals surface area contributed by atoms with Gasteiger partial charge in [-0.1, -0.05) is 12.1 Å². The molecule has 9 nitrogen and oxygen atoms in total. The Hall–Kier alpha value is -1.59. The van der Waals surface area contributed by atoms with Gasteiger partial charge in [0.1, 0.15) is 5.69 Å². The zero-order valence-electron chi connectivity index (χ0n) is 11.2.